The summed E-state index contributed by atoms with van der Waals surface area (Å²) < 4.78 is 0. The number of hydrogen-bond acceptors (Lipinski definition) is 4. The van der Waals surface area contributed by atoms with Crippen LogP contribution in [0.2, 0.25) is 0 Å². The number of nitrogens with one attached hydrogen (secondary N) is 3. The maximum Gasteiger partial charge on any atom is 0.414 e. The quantitative estimate of drug-likeness (QED) is 0.0757. The molecule has 0 aromatic rings. The number of guanidine groups is 1. The maximum atomic E-state index is 11.9. The van der Waals surface area contributed by atoms with E-state index in [1.165, 1.54) is 83.5 Å². The van der Waals surface area contributed by atoms with Gasteiger partial charge in [-0.15, -0.1) is 0 Å². The number of unbranched alkanes of at least 4 members (excludes halogenated alkanes) is 14. The summed E-state index contributed by atoms with van der Waals surface area (Å²) in [5.74, 6) is -0.204. The highest BCUT2D eigenvalue weighted by atomic mass is 16.4. The molecule has 0 saturated carbocycles. The molecule has 9 nitrogen and oxygen atoms in total. The van der Waals surface area contributed by atoms with Gasteiger partial charge in [0, 0.05) is 32.0 Å². The zero-order valence-electron chi connectivity index (χ0n) is 23.6. The van der Waals surface area contributed by atoms with Crippen LogP contribution in [0.15, 0.2) is 0 Å². The van der Waals surface area contributed by atoms with Gasteiger partial charge in [-0.25, -0.2) is 9.69 Å². The number of carboxylic acid groups (broad SMARTS) is 1. The van der Waals surface area contributed by atoms with Crippen LogP contribution in [0.3, 0.4) is 0 Å². The van der Waals surface area contributed by atoms with Crippen molar-refractivity contribution in [2.45, 2.75) is 142 Å². The molecule has 0 aliphatic carbocycles. The first-order valence-corrected chi connectivity index (χ1v) is 14.7. The van der Waals surface area contributed by atoms with Gasteiger partial charge in [-0.2, -0.15) is 0 Å². The molecule has 37 heavy (non-hydrogen) atoms. The summed E-state index contributed by atoms with van der Waals surface area (Å²) in [4.78, 5) is 33.4. The van der Waals surface area contributed by atoms with Gasteiger partial charge in [0.1, 0.15) is 0 Å². The number of rotatable bonds is 20. The number of nitrogens with zero attached hydrogens (tertiary/aromatic N) is 1. The van der Waals surface area contributed by atoms with Crippen molar-refractivity contribution in [3.05, 3.63) is 0 Å². The van der Waals surface area contributed by atoms with Crippen molar-refractivity contribution in [3.8, 4) is 0 Å². The SMILES string of the molecule is CCCCCCCCCCCCCCCCCC(=O)NCC(CC)NC(=N)N.O=C(O)N1CCCC1=O. The molecule has 9 heteroatoms. The first-order valence-electron chi connectivity index (χ1n) is 14.7. The van der Waals surface area contributed by atoms with E-state index in [-0.39, 0.29) is 23.8 Å². The standard InChI is InChI=1S/C23H48N4O.C5H7NO3/c1-3-5-6-7-8-9-10-11-12-13-14-15-16-17-18-19-22(28)26-20-21(4-2)27-23(24)25;7-4-2-1-3-6(4)5(8)9/h21H,3-20H2,1-2H3,(H,26,28)(H4,24,25,27);1-3H2,(H,8,9). The number of hydrogen-bond donors (Lipinski definition) is 5. The summed E-state index contributed by atoms with van der Waals surface area (Å²) in [6.07, 6.45) is 21.4. The number of imide groups is 1. The smallest absolute Gasteiger partial charge is 0.414 e. The van der Waals surface area contributed by atoms with Gasteiger partial charge in [-0.05, 0) is 19.3 Å². The van der Waals surface area contributed by atoms with Crippen LogP contribution in [-0.2, 0) is 9.59 Å². The Morgan fingerprint density at radius 1 is 0.919 bits per heavy atom. The summed E-state index contributed by atoms with van der Waals surface area (Å²) in [5.41, 5.74) is 5.33. The molecular formula is C28H55N5O4. The Labute approximate surface area is 225 Å². The Hall–Kier alpha value is -2.32. The molecule has 1 fully saturated rings. The second-order valence-corrected chi connectivity index (χ2v) is 10.1. The summed E-state index contributed by atoms with van der Waals surface area (Å²) in [5, 5.41) is 21.3. The zero-order valence-corrected chi connectivity index (χ0v) is 23.6. The number of amides is 3. The van der Waals surface area contributed by atoms with E-state index in [2.05, 4.69) is 17.6 Å². The fourth-order valence-corrected chi connectivity index (χ4v) is 4.35. The molecule has 0 bridgehead atoms. The third-order valence-corrected chi connectivity index (χ3v) is 6.71. The highest BCUT2D eigenvalue weighted by Gasteiger charge is 2.25. The lowest BCUT2D eigenvalue weighted by atomic mass is 10.0. The lowest BCUT2D eigenvalue weighted by molar-refractivity contribution is -0.126. The first kappa shape index (κ1) is 34.7. The largest absolute Gasteiger partial charge is 0.465 e. The van der Waals surface area contributed by atoms with E-state index < -0.39 is 6.09 Å². The molecule has 1 rings (SSSR count). The van der Waals surface area contributed by atoms with Crippen LogP contribution in [0.25, 0.3) is 0 Å². The fraction of sp³-hybridized carbons (Fsp3) is 0.857. The average Bonchev–Trinajstić information content (AvgIpc) is 3.30. The molecule has 0 radical (unpaired) electrons. The molecule has 6 N–H and O–H groups in total. The van der Waals surface area contributed by atoms with E-state index in [9.17, 15) is 14.4 Å². The Bertz CT molecular complexity index is 630. The van der Waals surface area contributed by atoms with E-state index in [0.29, 0.717) is 32.4 Å². The minimum absolute atomic E-state index is 0.0384. The molecule has 1 heterocycles. The Balaban J connectivity index is 0.00000120. The molecule has 216 valence electrons. The maximum absolute atomic E-state index is 11.9. The van der Waals surface area contributed by atoms with E-state index in [1.54, 1.807) is 0 Å². The third-order valence-electron chi connectivity index (χ3n) is 6.71. The molecule has 3 amide bonds. The summed E-state index contributed by atoms with van der Waals surface area (Å²) in [6.45, 7) is 5.19. The van der Waals surface area contributed by atoms with Crippen LogP contribution >= 0.6 is 0 Å². The molecule has 1 atom stereocenters. The predicted molar refractivity (Wildman–Crippen MR) is 151 cm³/mol. The van der Waals surface area contributed by atoms with Gasteiger partial charge >= 0.3 is 6.09 Å². The van der Waals surface area contributed by atoms with Crippen molar-refractivity contribution in [1.29, 1.82) is 5.41 Å². The van der Waals surface area contributed by atoms with Crippen molar-refractivity contribution >= 4 is 23.9 Å². The van der Waals surface area contributed by atoms with Crippen molar-refractivity contribution in [3.63, 3.8) is 0 Å². The Kier molecular flexibility index (Phi) is 22.5. The predicted octanol–water partition coefficient (Wildman–Crippen LogP) is 5.91. The molecule has 1 unspecified atom stereocenters. The molecule has 1 saturated heterocycles. The third kappa shape index (κ3) is 21.5. The van der Waals surface area contributed by atoms with Gasteiger partial charge in [0.05, 0.1) is 0 Å². The monoisotopic (exact) mass is 525 g/mol. The minimum Gasteiger partial charge on any atom is -0.465 e. The first-order chi connectivity index (χ1) is 17.8. The van der Waals surface area contributed by atoms with Gasteiger partial charge in [-0.1, -0.05) is 104 Å². The van der Waals surface area contributed by atoms with Gasteiger partial charge in [0.2, 0.25) is 11.8 Å². The summed E-state index contributed by atoms with van der Waals surface area (Å²) >= 11 is 0. The highest BCUT2D eigenvalue weighted by molar-refractivity contribution is 5.92. The Morgan fingerprint density at radius 3 is 1.76 bits per heavy atom. The number of carbonyl (C=O) groups excluding carboxylic acids is 2. The molecule has 1 aliphatic heterocycles. The van der Waals surface area contributed by atoms with E-state index in [1.807, 2.05) is 6.92 Å². The van der Waals surface area contributed by atoms with Crippen molar-refractivity contribution < 1.29 is 19.5 Å². The second kappa shape index (κ2) is 24.0. The van der Waals surface area contributed by atoms with Crippen molar-refractivity contribution in [1.82, 2.24) is 15.5 Å². The lowest BCUT2D eigenvalue weighted by Gasteiger charge is -2.17. The lowest BCUT2D eigenvalue weighted by Crippen LogP contribution is -2.45. The minimum atomic E-state index is -1.13. The van der Waals surface area contributed by atoms with E-state index in [4.69, 9.17) is 16.2 Å². The second-order valence-electron chi connectivity index (χ2n) is 10.1. The van der Waals surface area contributed by atoms with Crippen LogP contribution in [-0.4, -0.2) is 53.0 Å². The Morgan fingerprint density at radius 2 is 1.41 bits per heavy atom. The van der Waals surface area contributed by atoms with Crippen LogP contribution < -0.4 is 16.4 Å². The summed E-state index contributed by atoms with van der Waals surface area (Å²) in [6, 6.07) is 0.0440. The number of nitrogens with two attached hydrogens (primary N) is 1. The summed E-state index contributed by atoms with van der Waals surface area (Å²) in [7, 11) is 0. The van der Waals surface area contributed by atoms with Crippen LogP contribution in [0.4, 0.5) is 4.79 Å². The van der Waals surface area contributed by atoms with E-state index in [0.717, 1.165) is 24.2 Å². The van der Waals surface area contributed by atoms with E-state index >= 15 is 0 Å². The molecule has 0 spiro atoms. The van der Waals surface area contributed by atoms with Gasteiger partial charge < -0.3 is 21.5 Å². The van der Waals surface area contributed by atoms with Crippen molar-refractivity contribution in [2.75, 3.05) is 13.1 Å². The zero-order chi connectivity index (χ0) is 27.7. The van der Waals surface area contributed by atoms with Crippen LogP contribution in [0, 0.1) is 5.41 Å². The normalized spacial score (nSPS) is 13.6. The number of carbonyl (C=O) groups is 3. The van der Waals surface area contributed by atoms with Crippen molar-refractivity contribution in [2.24, 2.45) is 5.73 Å². The van der Waals surface area contributed by atoms with Gasteiger partial charge in [-0.3, -0.25) is 15.0 Å². The highest BCUT2D eigenvalue weighted by Crippen LogP contribution is 2.13. The average molecular weight is 526 g/mol. The van der Waals surface area contributed by atoms with Gasteiger partial charge in [0.25, 0.3) is 0 Å². The van der Waals surface area contributed by atoms with Crippen LogP contribution in [0.5, 0.6) is 0 Å². The number of likely N-dealkylation sites (tertiary alicyclic amines) is 1. The molecule has 0 aromatic carbocycles. The molecular weight excluding hydrogens is 470 g/mol. The van der Waals surface area contributed by atoms with Gasteiger partial charge in [0.15, 0.2) is 5.96 Å². The van der Waals surface area contributed by atoms with Crippen LogP contribution in [0.1, 0.15) is 136 Å². The molecule has 0 aromatic heterocycles. The molecule has 1 aliphatic rings. The fourth-order valence-electron chi connectivity index (χ4n) is 4.35. The topological polar surface area (TPSA) is 149 Å².